The zero-order chi connectivity index (χ0) is 36.7. The molecule has 2 aromatic rings. The molecule has 0 saturated heterocycles. The van der Waals surface area contributed by atoms with Crippen LogP contribution in [0.25, 0.3) is 0 Å². The second-order valence-corrected chi connectivity index (χ2v) is 11.3. The Balaban J connectivity index is 0. The molecule has 0 aromatic heterocycles. The second kappa shape index (κ2) is 24.4. The number of benzene rings is 2. The van der Waals surface area contributed by atoms with E-state index in [1.54, 1.807) is 23.8 Å². The molecule has 0 bridgehead atoms. The van der Waals surface area contributed by atoms with Gasteiger partial charge in [0.1, 0.15) is 5.75 Å². The third-order valence-corrected chi connectivity index (χ3v) is 7.51. The number of para-hydroxylation sites is 1. The minimum Gasteiger partial charge on any atom is -0.550 e. The molecule has 50 heavy (non-hydrogen) atoms. The molecule has 0 aliphatic carbocycles. The van der Waals surface area contributed by atoms with Crippen molar-refractivity contribution in [3.05, 3.63) is 54.1 Å². The van der Waals surface area contributed by atoms with Gasteiger partial charge in [-0.1, -0.05) is 24.3 Å². The van der Waals surface area contributed by atoms with E-state index in [2.05, 4.69) is 0 Å². The average molecular weight is 743 g/mol. The molecule has 3 unspecified atom stereocenters. The number of likely N-dealkylation sites (N-methyl/N-ethyl adjacent to an activating group) is 1. The first-order valence-corrected chi connectivity index (χ1v) is 14.7. The van der Waals surface area contributed by atoms with Gasteiger partial charge in [0.2, 0.25) is 0 Å². The Kier molecular flexibility index (Phi) is 24.1. The van der Waals surface area contributed by atoms with Crippen molar-refractivity contribution in [1.82, 2.24) is 4.90 Å². The van der Waals surface area contributed by atoms with Crippen molar-refractivity contribution in [2.24, 2.45) is 0 Å². The number of aliphatic carboxylic acids is 4. The van der Waals surface area contributed by atoms with Crippen LogP contribution in [0.2, 0.25) is 0 Å². The van der Waals surface area contributed by atoms with E-state index in [9.17, 15) is 39.0 Å². The molecule has 0 radical (unpaired) electrons. The van der Waals surface area contributed by atoms with Gasteiger partial charge in [-0.05, 0) is 43.9 Å². The largest absolute Gasteiger partial charge is 1.00 e. The zero-order valence-electron chi connectivity index (χ0n) is 28.2. The van der Waals surface area contributed by atoms with Gasteiger partial charge in [-0.2, -0.15) is 0 Å². The summed E-state index contributed by atoms with van der Waals surface area (Å²) in [6, 6.07) is 15.4. The van der Waals surface area contributed by atoms with E-state index in [0.29, 0.717) is 13.1 Å². The van der Waals surface area contributed by atoms with Crippen LogP contribution in [0.4, 0.5) is 5.69 Å². The summed E-state index contributed by atoms with van der Waals surface area (Å²) in [6.45, 7) is 2.55. The Morgan fingerprint density at radius 1 is 0.920 bits per heavy atom. The molecular weight excluding hydrogens is 706 g/mol. The van der Waals surface area contributed by atoms with Gasteiger partial charge in [-0.3, -0.25) is 9.59 Å². The molecule has 5 atom stereocenters. The first-order valence-electron chi connectivity index (χ1n) is 13.8. The molecule has 5 N–H and O–H groups in total. The van der Waals surface area contributed by atoms with Crippen molar-refractivity contribution in [2.45, 2.75) is 47.9 Å². The van der Waals surface area contributed by atoms with Crippen LogP contribution >= 0.6 is 11.8 Å². The van der Waals surface area contributed by atoms with E-state index in [-0.39, 0.29) is 70.3 Å². The monoisotopic (exact) mass is 742 g/mol. The predicted octanol–water partition coefficient (Wildman–Crippen LogP) is -8.51. The first-order chi connectivity index (χ1) is 22.4. The molecule has 1 amide bonds. The number of hydrogen-bond acceptors (Lipinski definition) is 15. The number of aliphatic hydroxyl groups excluding tert-OH is 3. The summed E-state index contributed by atoms with van der Waals surface area (Å²) in [4.78, 5) is 68.8. The zero-order valence-corrected chi connectivity index (χ0v) is 33.1. The summed E-state index contributed by atoms with van der Waals surface area (Å²) < 4.78 is 10.8. The number of fused-ring (bicyclic) bond motifs is 1. The number of thioether (sulfide) groups is 1. The van der Waals surface area contributed by atoms with Gasteiger partial charge in [-0.25, -0.2) is 9.59 Å². The van der Waals surface area contributed by atoms with Crippen LogP contribution in [0.3, 0.4) is 0 Å². The molecule has 17 nitrogen and oxygen atoms in total. The van der Waals surface area contributed by atoms with Crippen LogP contribution in [-0.4, -0.2) is 125 Å². The molecule has 2 aromatic carbocycles. The molecule has 20 heteroatoms. The van der Waals surface area contributed by atoms with Crippen LogP contribution < -0.4 is 79.0 Å². The van der Waals surface area contributed by atoms with E-state index in [0.717, 1.165) is 21.9 Å². The number of esters is 1. The normalized spacial score (nSPS) is 16.4. The van der Waals surface area contributed by atoms with Gasteiger partial charge in [0.05, 0.1) is 30.1 Å². The fourth-order valence-electron chi connectivity index (χ4n) is 3.75. The molecule has 1 aliphatic rings. The maximum absolute atomic E-state index is 13.6. The fraction of sp³-hybridized carbons (Fsp3) is 0.400. The molecule has 3 rings (SSSR count). The molecule has 1 heterocycles. The molecule has 0 saturated carbocycles. The van der Waals surface area contributed by atoms with Crippen molar-refractivity contribution >= 4 is 53.2 Å². The average Bonchev–Trinajstić information content (AvgIpc) is 3.13. The number of methoxy groups -OCH3 is 1. The number of rotatable bonds is 12. The van der Waals surface area contributed by atoms with Crippen molar-refractivity contribution < 1.29 is 133 Å². The number of aliphatic hydroxyl groups is 3. The Hall–Kier alpha value is -2.75. The van der Waals surface area contributed by atoms with Crippen LogP contribution in [-0.2, 0) is 33.5 Å². The number of ether oxygens (including phenoxy) is 2. The van der Waals surface area contributed by atoms with E-state index in [1.807, 2.05) is 67.5 Å². The first kappa shape index (κ1) is 49.4. The molecule has 264 valence electrons. The van der Waals surface area contributed by atoms with Crippen molar-refractivity contribution in [3.8, 4) is 5.75 Å². The SMILES string of the molecule is COc1ccc([C@@H]2Sc3ccccc3N(CCN(C)C)C(=O)[C@@H]2OC(C)=O)cc1.O=C(O)C(O)C(O)C(=O)O.O=C([O-])CC(O)C(=O)[O-].[Na+].[Na+]. The standard InChI is InChI=1S/C22H26N2O4S.C4H6O6.C4H6O5.2Na/c1-15(25)28-20-21(16-9-11-17(27-4)12-10-16)29-19-8-6-5-7-18(19)24(22(20)26)14-13-23(2)3;5-1(3(7)8)2(6)4(9)10;5-2(4(8)9)1-3(6)7;;/h5-12,20-21H,13-14H2,1-4H3;1-2,5-6H,(H,7,8)(H,9,10);2,5H,1H2,(H,6,7)(H,8,9);;/q;;;2*+1/p-2/t20-,21+;;;;/m1..../s1. The Morgan fingerprint density at radius 3 is 1.84 bits per heavy atom. The van der Waals surface area contributed by atoms with Gasteiger partial charge >= 0.3 is 77.0 Å². The minimum absolute atomic E-state index is 0. The number of carbonyl (C=O) groups excluding carboxylic acids is 4. The van der Waals surface area contributed by atoms with E-state index < -0.39 is 60.7 Å². The Labute approximate surface area is 335 Å². The Bertz CT molecular complexity index is 1410. The number of anilines is 1. The quantitative estimate of drug-likeness (QED) is 0.0998. The number of carboxylic acids is 4. The summed E-state index contributed by atoms with van der Waals surface area (Å²) >= 11 is 1.54. The number of carbonyl (C=O) groups is 6. The summed E-state index contributed by atoms with van der Waals surface area (Å²) in [5.41, 5.74) is 1.75. The summed E-state index contributed by atoms with van der Waals surface area (Å²) in [5, 5.41) is 59.5. The predicted molar refractivity (Wildman–Crippen MR) is 162 cm³/mol. The van der Waals surface area contributed by atoms with Crippen LogP contribution in [0.5, 0.6) is 5.75 Å². The van der Waals surface area contributed by atoms with Crippen LogP contribution in [0.1, 0.15) is 24.2 Å². The number of nitrogens with zero attached hydrogens (tertiary/aromatic N) is 2. The van der Waals surface area contributed by atoms with Gasteiger partial charge in [-0.15, -0.1) is 11.8 Å². The van der Waals surface area contributed by atoms with Gasteiger partial charge < -0.3 is 64.6 Å². The van der Waals surface area contributed by atoms with E-state index in [4.69, 9.17) is 35.0 Å². The van der Waals surface area contributed by atoms with Gasteiger partial charge in [0, 0.05) is 37.3 Å². The van der Waals surface area contributed by atoms with Crippen molar-refractivity contribution in [3.63, 3.8) is 0 Å². The molecule has 0 spiro atoms. The maximum atomic E-state index is 13.6. The molecule has 0 fully saturated rings. The Morgan fingerprint density at radius 2 is 1.44 bits per heavy atom. The second-order valence-electron chi connectivity index (χ2n) is 10.1. The molecular formula is C30H36N2Na2O15S. The van der Waals surface area contributed by atoms with Crippen LogP contribution in [0.15, 0.2) is 53.4 Å². The minimum atomic E-state index is -2.27. The van der Waals surface area contributed by atoms with Crippen LogP contribution in [0, 0.1) is 0 Å². The number of carboxylic acid groups (broad SMARTS) is 4. The fourth-order valence-corrected chi connectivity index (χ4v) is 5.07. The number of hydrogen-bond donors (Lipinski definition) is 5. The third kappa shape index (κ3) is 16.5. The molecule has 1 aliphatic heterocycles. The maximum Gasteiger partial charge on any atom is 1.00 e. The van der Waals surface area contributed by atoms with Crippen molar-refractivity contribution in [2.75, 3.05) is 39.2 Å². The summed E-state index contributed by atoms with van der Waals surface area (Å²) in [5.74, 6) is -6.91. The smallest absolute Gasteiger partial charge is 0.550 e. The van der Waals surface area contributed by atoms with Gasteiger partial charge in [0.15, 0.2) is 18.3 Å². The van der Waals surface area contributed by atoms with E-state index in [1.165, 1.54) is 6.92 Å². The van der Waals surface area contributed by atoms with Gasteiger partial charge in [0.25, 0.3) is 5.91 Å². The topological polar surface area (TPSA) is 275 Å². The third-order valence-electron chi connectivity index (χ3n) is 6.14. The van der Waals surface area contributed by atoms with Crippen molar-refractivity contribution in [1.29, 1.82) is 0 Å². The summed E-state index contributed by atoms with van der Waals surface area (Å²) in [7, 11) is 5.54. The summed E-state index contributed by atoms with van der Waals surface area (Å²) in [6.07, 6.45) is -8.34. The number of amides is 1. The van der Waals surface area contributed by atoms with E-state index >= 15 is 0 Å².